The maximum atomic E-state index is 15.0. The second kappa shape index (κ2) is 21.1. The summed E-state index contributed by atoms with van der Waals surface area (Å²) in [5, 5.41) is 13.8. The predicted molar refractivity (Wildman–Crippen MR) is 178 cm³/mol. The first-order chi connectivity index (χ1) is 22.6. The molecule has 1 aromatic heterocycles. The van der Waals surface area contributed by atoms with Crippen molar-refractivity contribution in [3.63, 3.8) is 0 Å². The van der Waals surface area contributed by atoms with E-state index >= 15 is 0 Å². The summed E-state index contributed by atoms with van der Waals surface area (Å²) >= 11 is 0. The third kappa shape index (κ3) is 13.1. The molecule has 0 spiro atoms. The van der Waals surface area contributed by atoms with Gasteiger partial charge in [-0.3, -0.25) is 0 Å². The number of nitrogens with zero attached hydrogens (tertiary/aromatic N) is 3. The minimum absolute atomic E-state index is 0.152. The highest BCUT2D eigenvalue weighted by atomic mass is 19.1. The number of aromatic nitrogens is 3. The van der Waals surface area contributed by atoms with Gasteiger partial charge in [-0.25, -0.2) is 4.39 Å². The predicted octanol–water partition coefficient (Wildman–Crippen LogP) is 5.30. The summed E-state index contributed by atoms with van der Waals surface area (Å²) in [6.45, 7) is 7.02. The molecule has 0 radical (unpaired) electrons. The molecular formula is C33H54FN7O5. The van der Waals surface area contributed by atoms with Crippen LogP contribution < -0.4 is 26.0 Å². The van der Waals surface area contributed by atoms with Crippen LogP contribution in [0.5, 0.6) is 5.75 Å². The Hall–Kier alpha value is -2.84. The zero-order chi connectivity index (χ0) is 32.2. The first-order valence-corrected chi connectivity index (χ1v) is 17.1. The summed E-state index contributed by atoms with van der Waals surface area (Å²) < 4.78 is 42.0. The third-order valence-corrected chi connectivity index (χ3v) is 8.22. The monoisotopic (exact) mass is 647 g/mol. The van der Waals surface area contributed by atoms with Gasteiger partial charge >= 0.3 is 0 Å². The molecule has 1 saturated carbocycles. The zero-order valence-corrected chi connectivity index (χ0v) is 27.7. The molecule has 1 aromatic carbocycles. The summed E-state index contributed by atoms with van der Waals surface area (Å²) in [7, 11) is 1.67. The summed E-state index contributed by atoms with van der Waals surface area (Å²) in [6, 6.07) is 5.62. The molecule has 0 bridgehead atoms. The Bertz CT molecular complexity index is 1120. The summed E-state index contributed by atoms with van der Waals surface area (Å²) in [5.74, 6) is 1.05. The van der Waals surface area contributed by atoms with E-state index in [9.17, 15) is 4.39 Å². The van der Waals surface area contributed by atoms with Crippen LogP contribution in [-0.2, 0) is 18.9 Å². The van der Waals surface area contributed by atoms with Crippen LogP contribution in [0.15, 0.2) is 18.2 Å². The summed E-state index contributed by atoms with van der Waals surface area (Å²) in [5.41, 5.74) is 0.517. The van der Waals surface area contributed by atoms with Crippen molar-refractivity contribution in [2.45, 2.75) is 89.3 Å². The molecule has 1 aliphatic carbocycles. The van der Waals surface area contributed by atoms with Crippen LogP contribution in [0, 0.1) is 5.82 Å². The molecule has 1 saturated heterocycles. The normalized spacial score (nSPS) is 17.8. The molecule has 2 atom stereocenters. The molecule has 2 aliphatic rings. The second-order valence-corrected chi connectivity index (χ2v) is 11.8. The van der Waals surface area contributed by atoms with Crippen LogP contribution >= 0.6 is 0 Å². The Morgan fingerprint density at radius 1 is 0.826 bits per heavy atom. The van der Waals surface area contributed by atoms with E-state index in [2.05, 4.69) is 38.2 Å². The maximum absolute atomic E-state index is 15.0. The first kappa shape index (κ1) is 36.0. The van der Waals surface area contributed by atoms with Gasteiger partial charge in [0.25, 0.3) is 0 Å². The molecule has 4 N–H and O–H groups in total. The van der Waals surface area contributed by atoms with Crippen molar-refractivity contribution in [3.8, 4) is 5.75 Å². The van der Waals surface area contributed by atoms with Crippen molar-refractivity contribution in [2.75, 3.05) is 82.5 Å². The lowest BCUT2D eigenvalue weighted by molar-refractivity contribution is 0.00652. The van der Waals surface area contributed by atoms with E-state index in [0.717, 1.165) is 38.6 Å². The minimum atomic E-state index is -0.485. The minimum Gasteiger partial charge on any atom is -0.488 e. The molecule has 46 heavy (non-hydrogen) atoms. The number of hydrogen-bond donors (Lipinski definition) is 4. The van der Waals surface area contributed by atoms with Gasteiger partial charge < -0.3 is 45.0 Å². The molecule has 13 heteroatoms. The zero-order valence-electron chi connectivity index (χ0n) is 27.7. The Kier molecular flexibility index (Phi) is 16.5. The molecular weight excluding hydrogens is 593 g/mol. The van der Waals surface area contributed by atoms with Gasteiger partial charge in [0.1, 0.15) is 6.61 Å². The van der Waals surface area contributed by atoms with Gasteiger partial charge in [0.2, 0.25) is 17.8 Å². The van der Waals surface area contributed by atoms with Crippen molar-refractivity contribution >= 4 is 23.5 Å². The molecule has 0 amide bonds. The standard InChI is InChI=1S/C33H54FN7O5/c1-3-28(29-12-8-15-35-29)38-33-40-31(36-25-10-6-4-5-7-11-25)39-32(41-33)37-26-13-14-30(27(34)24-26)46-23-22-45-21-20-44-19-18-43-17-9-16-42-2/h13-14,24-25,28-29,35H,3-12,15-23H2,1-2H3,(H3,36,37,38,39,40,41). The number of rotatable bonds is 22. The lowest BCUT2D eigenvalue weighted by Gasteiger charge is -2.24. The average molecular weight is 648 g/mol. The van der Waals surface area contributed by atoms with Crippen LogP contribution in [0.3, 0.4) is 0 Å². The number of ether oxygens (including phenoxy) is 5. The fourth-order valence-electron chi connectivity index (χ4n) is 5.76. The van der Waals surface area contributed by atoms with Crippen molar-refractivity contribution in [3.05, 3.63) is 24.0 Å². The van der Waals surface area contributed by atoms with Gasteiger partial charge in [-0.1, -0.05) is 32.6 Å². The van der Waals surface area contributed by atoms with Gasteiger partial charge in [-0.05, 0) is 57.2 Å². The second-order valence-electron chi connectivity index (χ2n) is 11.8. The number of halogens is 1. The highest BCUT2D eigenvalue weighted by molar-refractivity contribution is 5.57. The molecule has 4 rings (SSSR count). The summed E-state index contributed by atoms with van der Waals surface area (Å²) in [6.07, 6.45) is 11.2. The van der Waals surface area contributed by atoms with E-state index in [1.54, 1.807) is 19.2 Å². The number of methoxy groups -OCH3 is 1. The van der Waals surface area contributed by atoms with Crippen molar-refractivity contribution < 1.29 is 28.1 Å². The van der Waals surface area contributed by atoms with Gasteiger partial charge in [0.15, 0.2) is 11.6 Å². The van der Waals surface area contributed by atoms with E-state index in [1.165, 1.54) is 38.2 Å². The van der Waals surface area contributed by atoms with E-state index < -0.39 is 5.82 Å². The van der Waals surface area contributed by atoms with Gasteiger partial charge in [0, 0.05) is 50.2 Å². The van der Waals surface area contributed by atoms with Crippen LogP contribution in [-0.4, -0.2) is 99.6 Å². The first-order valence-electron chi connectivity index (χ1n) is 17.1. The Balaban J connectivity index is 1.26. The molecule has 2 aromatic rings. The maximum Gasteiger partial charge on any atom is 0.233 e. The molecule has 12 nitrogen and oxygen atoms in total. The Morgan fingerprint density at radius 3 is 2.20 bits per heavy atom. The number of hydrogen-bond acceptors (Lipinski definition) is 12. The topological polar surface area (TPSA) is 133 Å². The largest absolute Gasteiger partial charge is 0.488 e. The van der Waals surface area contributed by atoms with Gasteiger partial charge in [-0.2, -0.15) is 15.0 Å². The van der Waals surface area contributed by atoms with E-state index in [-0.39, 0.29) is 18.4 Å². The number of anilines is 4. The SMILES string of the molecule is CCC(Nc1nc(Nc2ccc(OCCOCCOCCOCCCOC)c(F)c2)nc(NC2CCCCCC2)n1)C1CCCN1. The molecule has 258 valence electrons. The Morgan fingerprint density at radius 2 is 1.52 bits per heavy atom. The highest BCUT2D eigenvalue weighted by Crippen LogP contribution is 2.25. The van der Waals surface area contributed by atoms with E-state index in [4.69, 9.17) is 28.7 Å². The third-order valence-electron chi connectivity index (χ3n) is 8.22. The van der Waals surface area contributed by atoms with Crippen LogP contribution in [0.25, 0.3) is 0 Å². The molecule has 2 unspecified atom stereocenters. The smallest absolute Gasteiger partial charge is 0.233 e. The van der Waals surface area contributed by atoms with Crippen molar-refractivity contribution in [2.24, 2.45) is 0 Å². The van der Waals surface area contributed by atoms with Crippen molar-refractivity contribution in [1.82, 2.24) is 20.3 Å². The lowest BCUT2D eigenvalue weighted by Crippen LogP contribution is -2.40. The molecule has 1 aliphatic heterocycles. The van der Waals surface area contributed by atoms with Crippen LogP contribution in [0.2, 0.25) is 0 Å². The van der Waals surface area contributed by atoms with E-state index in [0.29, 0.717) is 81.9 Å². The van der Waals surface area contributed by atoms with Gasteiger partial charge in [0.05, 0.1) is 33.0 Å². The lowest BCUT2D eigenvalue weighted by atomic mass is 10.0. The average Bonchev–Trinajstić information content (AvgIpc) is 3.47. The number of benzene rings is 1. The van der Waals surface area contributed by atoms with E-state index in [1.807, 2.05) is 0 Å². The highest BCUT2D eigenvalue weighted by Gasteiger charge is 2.24. The molecule has 2 heterocycles. The number of nitrogens with one attached hydrogen (secondary N) is 4. The van der Waals surface area contributed by atoms with Crippen LogP contribution in [0.1, 0.15) is 71.1 Å². The fraction of sp³-hybridized carbons (Fsp3) is 0.727. The van der Waals surface area contributed by atoms with Crippen molar-refractivity contribution in [1.29, 1.82) is 0 Å². The quantitative estimate of drug-likeness (QED) is 0.0977. The molecule has 2 fully saturated rings. The summed E-state index contributed by atoms with van der Waals surface area (Å²) in [4.78, 5) is 14.1. The van der Waals surface area contributed by atoms with Crippen LogP contribution in [0.4, 0.5) is 27.9 Å². The fourth-order valence-corrected chi connectivity index (χ4v) is 5.76. The van der Waals surface area contributed by atoms with Gasteiger partial charge in [-0.15, -0.1) is 0 Å². The Labute approximate surface area is 273 Å².